The predicted octanol–water partition coefficient (Wildman–Crippen LogP) is 8.59. The molecule has 0 atom stereocenters. The first-order valence-electron chi connectivity index (χ1n) is 15.6. The minimum absolute atomic E-state index is 0.232. The van der Waals surface area contributed by atoms with Gasteiger partial charge in [-0.2, -0.15) is 0 Å². The highest BCUT2D eigenvalue weighted by Gasteiger charge is 2.25. The van der Waals surface area contributed by atoms with E-state index in [1.165, 1.54) is 159 Å². The van der Waals surface area contributed by atoms with Crippen molar-refractivity contribution in [1.82, 2.24) is 0 Å². The second-order valence-electron chi connectivity index (χ2n) is 11.1. The summed E-state index contributed by atoms with van der Waals surface area (Å²) in [6, 6.07) is 0. The predicted molar refractivity (Wildman–Crippen MR) is 148 cm³/mol. The molecule has 0 fully saturated rings. The summed E-state index contributed by atoms with van der Waals surface area (Å²) in [5.74, 6) is -0.898. The Morgan fingerprint density at radius 2 is 0.706 bits per heavy atom. The van der Waals surface area contributed by atoms with Crippen LogP contribution < -0.4 is 5.11 Å². The summed E-state index contributed by atoms with van der Waals surface area (Å²) in [6.07, 6.45) is 29.6. The fourth-order valence-corrected chi connectivity index (χ4v) is 5.42. The van der Waals surface area contributed by atoms with E-state index in [-0.39, 0.29) is 6.42 Å². The minimum atomic E-state index is -0.898. The van der Waals surface area contributed by atoms with E-state index in [9.17, 15) is 9.90 Å². The molecule has 0 aliphatic heterocycles. The molecule has 0 unspecified atom stereocenters. The van der Waals surface area contributed by atoms with Crippen molar-refractivity contribution in [2.45, 2.75) is 168 Å². The number of nitrogens with zero attached hydrogens (tertiary/aromatic N) is 1. The van der Waals surface area contributed by atoms with Gasteiger partial charge in [0.2, 0.25) is 0 Å². The second kappa shape index (κ2) is 25.5. The molecule has 0 spiro atoms. The lowest BCUT2D eigenvalue weighted by molar-refractivity contribution is -0.929. The van der Waals surface area contributed by atoms with E-state index in [0.717, 1.165) is 12.8 Å². The zero-order valence-corrected chi connectivity index (χ0v) is 23.9. The number of carbonyl (C=O) groups is 1. The van der Waals surface area contributed by atoms with Gasteiger partial charge in [-0.1, -0.05) is 104 Å². The lowest BCUT2D eigenvalue weighted by Gasteiger charge is -2.39. The van der Waals surface area contributed by atoms with Crippen LogP contribution in [0.5, 0.6) is 0 Å². The summed E-state index contributed by atoms with van der Waals surface area (Å²) >= 11 is 0. The summed E-state index contributed by atoms with van der Waals surface area (Å²) in [4.78, 5) is 10.4. The maximum Gasteiger partial charge on any atom is 0.0786 e. The molecule has 0 aliphatic rings. The Balaban J connectivity index is 4.32. The number of carboxylic acid groups (broad SMARTS) is 1. The van der Waals surface area contributed by atoms with Crippen molar-refractivity contribution in [3.63, 3.8) is 0 Å². The minimum Gasteiger partial charge on any atom is -0.550 e. The maximum atomic E-state index is 10.4. The summed E-state index contributed by atoms with van der Waals surface area (Å²) in [6.45, 7) is 12.7. The van der Waals surface area contributed by atoms with Crippen LogP contribution in [0.4, 0.5) is 0 Å². The first-order chi connectivity index (χ1) is 16.6. The number of aliphatic carboxylic acids is 1. The third kappa shape index (κ3) is 21.9. The van der Waals surface area contributed by atoms with Crippen LogP contribution in [0.25, 0.3) is 0 Å². The Morgan fingerprint density at radius 3 is 1.00 bits per heavy atom. The van der Waals surface area contributed by atoms with Crippen LogP contribution in [-0.4, -0.2) is 36.6 Å². The maximum absolute atomic E-state index is 10.4. The van der Waals surface area contributed by atoms with Crippen molar-refractivity contribution in [2.24, 2.45) is 0 Å². The van der Waals surface area contributed by atoms with Gasteiger partial charge in [-0.05, 0) is 64.2 Å². The van der Waals surface area contributed by atoms with Crippen LogP contribution in [0.3, 0.4) is 0 Å². The molecule has 0 aromatic rings. The van der Waals surface area contributed by atoms with Crippen LogP contribution in [0.15, 0.2) is 0 Å². The molecule has 0 rings (SSSR count). The zero-order valence-electron chi connectivity index (χ0n) is 23.9. The summed E-state index contributed by atoms with van der Waals surface area (Å²) < 4.78 is 1.42. The monoisotopic (exact) mass is 481 g/mol. The topological polar surface area (TPSA) is 40.1 Å². The van der Waals surface area contributed by atoms with E-state index in [2.05, 4.69) is 20.8 Å². The molecule has 0 radical (unpaired) electrons. The Morgan fingerprint density at radius 1 is 0.441 bits per heavy atom. The van der Waals surface area contributed by atoms with Crippen LogP contribution in [-0.2, 0) is 4.79 Å². The molecule has 0 heterocycles. The highest BCUT2D eigenvalue weighted by molar-refractivity contribution is 5.63. The molecule has 0 aromatic heterocycles. The van der Waals surface area contributed by atoms with Gasteiger partial charge in [0, 0.05) is 5.97 Å². The average Bonchev–Trinajstić information content (AvgIpc) is 2.83. The number of unbranched alkanes of at least 4 members (excludes halogenated alkanes) is 18. The summed E-state index contributed by atoms with van der Waals surface area (Å²) in [7, 11) is 0. The molecular formula is C31H63NO2. The van der Waals surface area contributed by atoms with Crippen LogP contribution in [0.2, 0.25) is 0 Å². The number of carbonyl (C=O) groups excluding carboxylic acids is 1. The Bertz CT molecular complexity index is 392. The molecule has 0 saturated heterocycles. The number of rotatable bonds is 28. The van der Waals surface area contributed by atoms with Crippen LogP contribution >= 0.6 is 0 Å². The van der Waals surface area contributed by atoms with Gasteiger partial charge < -0.3 is 14.4 Å². The zero-order chi connectivity index (χ0) is 25.2. The molecule has 0 aliphatic carbocycles. The van der Waals surface area contributed by atoms with Crippen molar-refractivity contribution in [3.8, 4) is 0 Å². The Labute approximate surface area is 215 Å². The average molecular weight is 482 g/mol. The van der Waals surface area contributed by atoms with Crippen molar-refractivity contribution in [2.75, 3.05) is 26.2 Å². The first kappa shape index (κ1) is 33.4. The first-order valence-corrected chi connectivity index (χ1v) is 15.6. The van der Waals surface area contributed by atoms with Gasteiger partial charge in [0.05, 0.1) is 26.2 Å². The SMILES string of the molecule is CCCCCC[N+](CCCCCC)(CCCCCC)CCCCCCCCCCCCC(=O)[O-]. The largest absolute Gasteiger partial charge is 0.550 e. The number of carboxylic acids is 1. The number of hydrogen-bond donors (Lipinski definition) is 0. The van der Waals surface area contributed by atoms with Crippen LogP contribution in [0.1, 0.15) is 168 Å². The molecular weight excluding hydrogens is 418 g/mol. The molecule has 34 heavy (non-hydrogen) atoms. The molecule has 3 heteroatoms. The van der Waals surface area contributed by atoms with Crippen molar-refractivity contribution >= 4 is 5.97 Å². The molecule has 0 N–H and O–H groups in total. The molecule has 0 bridgehead atoms. The lowest BCUT2D eigenvalue weighted by atomic mass is 10.0. The van der Waals surface area contributed by atoms with Crippen molar-refractivity contribution in [1.29, 1.82) is 0 Å². The third-order valence-corrected chi connectivity index (χ3v) is 7.72. The van der Waals surface area contributed by atoms with Crippen molar-refractivity contribution in [3.05, 3.63) is 0 Å². The van der Waals surface area contributed by atoms with E-state index in [4.69, 9.17) is 0 Å². The highest BCUT2D eigenvalue weighted by atomic mass is 16.4. The quantitative estimate of drug-likeness (QED) is 0.0829. The Hall–Kier alpha value is -0.570. The van der Waals surface area contributed by atoms with E-state index in [1.54, 1.807) is 0 Å². The number of hydrogen-bond acceptors (Lipinski definition) is 2. The van der Waals surface area contributed by atoms with Gasteiger partial charge in [0.25, 0.3) is 0 Å². The van der Waals surface area contributed by atoms with E-state index < -0.39 is 5.97 Å². The summed E-state index contributed by atoms with van der Waals surface area (Å²) in [5, 5.41) is 10.4. The van der Waals surface area contributed by atoms with E-state index in [0.29, 0.717) is 0 Å². The molecule has 0 amide bonds. The fraction of sp³-hybridized carbons (Fsp3) is 0.968. The van der Waals surface area contributed by atoms with Crippen LogP contribution in [0, 0.1) is 0 Å². The van der Waals surface area contributed by atoms with E-state index in [1.807, 2.05) is 0 Å². The normalized spacial score (nSPS) is 11.9. The van der Waals surface area contributed by atoms with Gasteiger partial charge in [0.1, 0.15) is 0 Å². The lowest BCUT2D eigenvalue weighted by Crippen LogP contribution is -2.50. The van der Waals surface area contributed by atoms with Gasteiger partial charge in [-0.15, -0.1) is 0 Å². The molecule has 0 aromatic carbocycles. The summed E-state index contributed by atoms with van der Waals surface area (Å²) in [5.41, 5.74) is 0. The standard InChI is InChI=1S/C31H63NO2/c1-4-7-10-22-27-32(28-23-11-8-5-2,29-24-12-9-6-3)30-25-20-18-16-14-13-15-17-19-21-26-31(33)34/h4-30H2,1-3H3. The van der Waals surface area contributed by atoms with Crippen molar-refractivity contribution < 1.29 is 14.4 Å². The number of quaternary nitrogens is 1. The molecule has 3 nitrogen and oxygen atoms in total. The Kier molecular flexibility index (Phi) is 25.1. The van der Waals surface area contributed by atoms with Gasteiger partial charge in [-0.3, -0.25) is 0 Å². The van der Waals surface area contributed by atoms with Gasteiger partial charge in [0.15, 0.2) is 0 Å². The van der Waals surface area contributed by atoms with Gasteiger partial charge >= 0.3 is 0 Å². The molecule has 0 saturated carbocycles. The fourth-order valence-electron chi connectivity index (χ4n) is 5.42. The molecule has 204 valence electrons. The highest BCUT2D eigenvalue weighted by Crippen LogP contribution is 2.20. The van der Waals surface area contributed by atoms with Gasteiger partial charge in [-0.25, -0.2) is 0 Å². The second-order valence-corrected chi connectivity index (χ2v) is 11.1. The van der Waals surface area contributed by atoms with E-state index >= 15 is 0 Å². The third-order valence-electron chi connectivity index (χ3n) is 7.72. The smallest absolute Gasteiger partial charge is 0.0786 e.